The fourth-order valence-electron chi connectivity index (χ4n) is 4.20. The van der Waals surface area contributed by atoms with Gasteiger partial charge in [-0.2, -0.15) is 0 Å². The van der Waals surface area contributed by atoms with E-state index in [1.807, 2.05) is 60.7 Å². The zero-order valence-electron chi connectivity index (χ0n) is 19.4. The predicted molar refractivity (Wildman–Crippen MR) is 130 cm³/mol. The minimum Gasteiger partial charge on any atom is -0.493 e. The van der Waals surface area contributed by atoms with Crippen molar-refractivity contribution in [1.29, 1.82) is 0 Å². The van der Waals surface area contributed by atoms with Crippen LogP contribution in [0.4, 0.5) is 4.79 Å². The van der Waals surface area contributed by atoms with Crippen LogP contribution in [-0.4, -0.2) is 36.4 Å². The van der Waals surface area contributed by atoms with E-state index in [0.717, 1.165) is 33.6 Å². The first-order valence-corrected chi connectivity index (χ1v) is 11.5. The SMILES string of the molecule is CC(C)COc1ccc(CC(NC(=O)OCC2c3ccccc3-c3ccccc32)C(=O)O)cc1. The van der Waals surface area contributed by atoms with Gasteiger partial charge in [0.15, 0.2) is 0 Å². The lowest BCUT2D eigenvalue weighted by atomic mass is 9.98. The number of amides is 1. The summed E-state index contributed by atoms with van der Waals surface area (Å²) in [5, 5.41) is 12.1. The van der Waals surface area contributed by atoms with Crippen molar-refractivity contribution < 1.29 is 24.2 Å². The van der Waals surface area contributed by atoms with Gasteiger partial charge in [-0.3, -0.25) is 0 Å². The minimum absolute atomic E-state index is 0.0835. The van der Waals surface area contributed by atoms with E-state index in [-0.39, 0.29) is 18.9 Å². The standard InChI is InChI=1S/C28H29NO5/c1-18(2)16-33-20-13-11-19(12-14-20)15-26(27(30)31)29-28(32)34-17-25-23-9-5-3-7-21(23)22-8-4-6-10-24(22)25/h3-14,18,25-26H,15-17H2,1-2H3,(H,29,32)(H,30,31). The van der Waals surface area contributed by atoms with E-state index in [1.54, 1.807) is 0 Å². The molecular weight excluding hydrogens is 430 g/mol. The third-order valence-corrected chi connectivity index (χ3v) is 5.88. The van der Waals surface area contributed by atoms with Crippen molar-refractivity contribution in [3.63, 3.8) is 0 Å². The first-order chi connectivity index (χ1) is 16.4. The molecule has 6 nitrogen and oxygen atoms in total. The number of benzene rings is 3. The number of hydrogen-bond donors (Lipinski definition) is 2. The van der Waals surface area contributed by atoms with Crippen LogP contribution in [0.15, 0.2) is 72.8 Å². The van der Waals surface area contributed by atoms with E-state index in [1.165, 1.54) is 0 Å². The Morgan fingerprint density at radius 1 is 0.912 bits per heavy atom. The third-order valence-electron chi connectivity index (χ3n) is 5.88. The molecule has 0 aromatic heterocycles. The largest absolute Gasteiger partial charge is 0.493 e. The molecule has 0 bridgehead atoms. The number of aliphatic carboxylic acids is 1. The fourth-order valence-corrected chi connectivity index (χ4v) is 4.20. The first-order valence-electron chi connectivity index (χ1n) is 11.5. The Labute approximate surface area is 199 Å². The summed E-state index contributed by atoms with van der Waals surface area (Å²) in [7, 11) is 0. The molecule has 0 fully saturated rings. The third kappa shape index (κ3) is 5.39. The van der Waals surface area contributed by atoms with Crippen molar-refractivity contribution in [3.8, 4) is 16.9 Å². The molecule has 3 aromatic carbocycles. The first kappa shape index (κ1) is 23.4. The summed E-state index contributed by atoms with van der Waals surface area (Å²) in [6.07, 6.45) is -0.601. The Hall–Kier alpha value is -3.80. The summed E-state index contributed by atoms with van der Waals surface area (Å²) in [5.41, 5.74) is 5.26. The van der Waals surface area contributed by atoms with Gasteiger partial charge in [0.25, 0.3) is 0 Å². The summed E-state index contributed by atoms with van der Waals surface area (Å²) in [6, 6.07) is 22.3. The molecule has 1 unspecified atom stereocenters. The van der Waals surface area contributed by atoms with Gasteiger partial charge < -0.3 is 19.9 Å². The molecule has 34 heavy (non-hydrogen) atoms. The highest BCUT2D eigenvalue weighted by molar-refractivity contribution is 5.81. The fraction of sp³-hybridized carbons (Fsp3) is 0.286. The Kier molecular flexibility index (Phi) is 7.16. The van der Waals surface area contributed by atoms with E-state index in [2.05, 4.69) is 31.3 Å². The van der Waals surface area contributed by atoms with Crippen LogP contribution in [0.2, 0.25) is 0 Å². The average molecular weight is 460 g/mol. The van der Waals surface area contributed by atoms with Crippen molar-refractivity contribution >= 4 is 12.1 Å². The van der Waals surface area contributed by atoms with Gasteiger partial charge in [0.05, 0.1) is 6.61 Å². The molecule has 176 valence electrons. The minimum atomic E-state index is -1.12. The highest BCUT2D eigenvalue weighted by atomic mass is 16.5. The Bertz CT molecular complexity index is 1110. The summed E-state index contributed by atoms with van der Waals surface area (Å²) in [4.78, 5) is 24.3. The normalized spacial score (nSPS) is 13.1. The highest BCUT2D eigenvalue weighted by Crippen LogP contribution is 2.44. The molecule has 1 aliphatic carbocycles. The molecule has 1 aliphatic rings. The van der Waals surface area contributed by atoms with Crippen LogP contribution in [0.3, 0.4) is 0 Å². The molecule has 6 heteroatoms. The maximum absolute atomic E-state index is 12.5. The molecule has 0 heterocycles. The number of alkyl carbamates (subject to hydrolysis) is 1. The van der Waals surface area contributed by atoms with Crippen LogP contribution in [0.5, 0.6) is 5.75 Å². The molecule has 1 amide bonds. The Morgan fingerprint density at radius 2 is 1.50 bits per heavy atom. The number of nitrogens with one attached hydrogen (secondary N) is 1. The number of carboxylic acids is 1. The lowest BCUT2D eigenvalue weighted by molar-refractivity contribution is -0.139. The summed E-state index contributed by atoms with van der Waals surface area (Å²) >= 11 is 0. The molecule has 2 N–H and O–H groups in total. The second-order valence-corrected chi connectivity index (χ2v) is 8.91. The highest BCUT2D eigenvalue weighted by Gasteiger charge is 2.29. The van der Waals surface area contributed by atoms with E-state index >= 15 is 0 Å². The second kappa shape index (κ2) is 10.4. The maximum atomic E-state index is 12.5. The summed E-state index contributed by atoms with van der Waals surface area (Å²) in [5.74, 6) is -0.0558. The summed E-state index contributed by atoms with van der Waals surface area (Å²) in [6.45, 7) is 4.89. The second-order valence-electron chi connectivity index (χ2n) is 8.91. The molecule has 3 aromatic rings. The molecule has 0 saturated carbocycles. The van der Waals surface area contributed by atoms with Crippen LogP contribution in [0.1, 0.15) is 36.5 Å². The number of fused-ring (bicyclic) bond motifs is 3. The summed E-state index contributed by atoms with van der Waals surface area (Å²) < 4.78 is 11.2. The topological polar surface area (TPSA) is 84.9 Å². The smallest absolute Gasteiger partial charge is 0.407 e. The van der Waals surface area contributed by atoms with Crippen molar-refractivity contribution in [2.75, 3.05) is 13.2 Å². The van der Waals surface area contributed by atoms with Crippen molar-refractivity contribution in [2.24, 2.45) is 5.92 Å². The van der Waals surface area contributed by atoms with Gasteiger partial charge in [0.2, 0.25) is 0 Å². The lowest BCUT2D eigenvalue weighted by Gasteiger charge is -2.18. The van der Waals surface area contributed by atoms with Gasteiger partial charge in [-0.05, 0) is 45.9 Å². The van der Waals surface area contributed by atoms with Crippen molar-refractivity contribution in [2.45, 2.75) is 32.2 Å². The van der Waals surface area contributed by atoms with Gasteiger partial charge in [-0.25, -0.2) is 9.59 Å². The van der Waals surface area contributed by atoms with E-state index in [0.29, 0.717) is 12.5 Å². The Morgan fingerprint density at radius 3 is 2.06 bits per heavy atom. The maximum Gasteiger partial charge on any atom is 0.407 e. The quantitative estimate of drug-likeness (QED) is 0.456. The van der Waals surface area contributed by atoms with Gasteiger partial charge in [-0.1, -0.05) is 74.5 Å². The van der Waals surface area contributed by atoms with Crippen LogP contribution >= 0.6 is 0 Å². The molecule has 0 spiro atoms. The lowest BCUT2D eigenvalue weighted by Crippen LogP contribution is -2.42. The van der Waals surface area contributed by atoms with Gasteiger partial charge in [0.1, 0.15) is 18.4 Å². The van der Waals surface area contributed by atoms with E-state index in [4.69, 9.17) is 9.47 Å². The van der Waals surface area contributed by atoms with Gasteiger partial charge >= 0.3 is 12.1 Å². The zero-order chi connectivity index (χ0) is 24.1. The zero-order valence-corrected chi connectivity index (χ0v) is 19.4. The number of ether oxygens (including phenoxy) is 2. The van der Waals surface area contributed by atoms with Crippen LogP contribution in [0.25, 0.3) is 11.1 Å². The Balaban J connectivity index is 1.36. The molecule has 4 rings (SSSR count). The number of carbonyl (C=O) groups excluding carboxylic acids is 1. The molecule has 0 aliphatic heterocycles. The number of carboxylic acid groups (broad SMARTS) is 1. The number of rotatable bonds is 9. The van der Waals surface area contributed by atoms with Crippen molar-refractivity contribution in [1.82, 2.24) is 5.32 Å². The van der Waals surface area contributed by atoms with Gasteiger partial charge in [0, 0.05) is 12.3 Å². The van der Waals surface area contributed by atoms with E-state index < -0.39 is 18.1 Å². The van der Waals surface area contributed by atoms with E-state index in [9.17, 15) is 14.7 Å². The monoisotopic (exact) mass is 459 g/mol. The molecule has 1 atom stereocenters. The number of carbonyl (C=O) groups is 2. The predicted octanol–water partition coefficient (Wildman–Crippen LogP) is 5.26. The molecule has 0 radical (unpaired) electrons. The van der Waals surface area contributed by atoms with Gasteiger partial charge in [-0.15, -0.1) is 0 Å². The molecular formula is C28H29NO5. The van der Waals surface area contributed by atoms with Crippen LogP contribution in [-0.2, 0) is 16.0 Å². The number of hydrogen-bond acceptors (Lipinski definition) is 4. The molecule has 0 saturated heterocycles. The van der Waals surface area contributed by atoms with Crippen molar-refractivity contribution in [3.05, 3.63) is 89.5 Å². The van der Waals surface area contributed by atoms with Crippen LogP contribution in [0, 0.1) is 5.92 Å². The average Bonchev–Trinajstić information content (AvgIpc) is 3.15. The van der Waals surface area contributed by atoms with Crippen LogP contribution < -0.4 is 10.1 Å².